The summed E-state index contributed by atoms with van der Waals surface area (Å²) in [6, 6.07) is 15.6. The van der Waals surface area contributed by atoms with Gasteiger partial charge in [0.05, 0.1) is 11.3 Å². The van der Waals surface area contributed by atoms with Gasteiger partial charge in [0.15, 0.2) is 0 Å². The fourth-order valence-corrected chi connectivity index (χ4v) is 3.36. The molecule has 0 radical (unpaired) electrons. The van der Waals surface area contributed by atoms with Gasteiger partial charge in [-0.1, -0.05) is 30.0 Å². The van der Waals surface area contributed by atoms with Gasteiger partial charge in [-0.3, -0.25) is 4.79 Å². The molecule has 0 spiro atoms. The number of anilines is 2. The van der Waals surface area contributed by atoms with Gasteiger partial charge in [0, 0.05) is 42.6 Å². The van der Waals surface area contributed by atoms with Gasteiger partial charge in [-0.2, -0.15) is 0 Å². The van der Waals surface area contributed by atoms with Crippen molar-refractivity contribution in [3.8, 4) is 11.5 Å². The molecular formula is C20H20ClN5O2S. The number of nitrogens with zero attached hydrogens (tertiary/aromatic N) is 3. The number of rotatable bonds is 6. The number of para-hydroxylation sites is 1. The molecule has 9 heteroatoms. The van der Waals surface area contributed by atoms with E-state index in [0.717, 1.165) is 27.8 Å². The van der Waals surface area contributed by atoms with E-state index in [1.54, 1.807) is 0 Å². The Labute approximate surface area is 178 Å². The van der Waals surface area contributed by atoms with Crippen molar-refractivity contribution in [2.75, 3.05) is 30.1 Å². The molecule has 4 aromatic rings. The highest BCUT2D eigenvalue weighted by molar-refractivity contribution is 7.99. The highest BCUT2D eigenvalue weighted by Gasteiger charge is 2.14. The first-order valence-electron chi connectivity index (χ1n) is 8.70. The van der Waals surface area contributed by atoms with Gasteiger partial charge >= 0.3 is 0 Å². The van der Waals surface area contributed by atoms with Crippen LogP contribution in [0.1, 0.15) is 0 Å². The Balaban J connectivity index is 0.00000240. The monoisotopic (exact) mass is 429 g/mol. The number of nitrogens with one attached hydrogen (secondary N) is 2. The van der Waals surface area contributed by atoms with E-state index in [0.29, 0.717) is 11.1 Å². The van der Waals surface area contributed by atoms with Crippen molar-refractivity contribution in [1.29, 1.82) is 0 Å². The average molecular weight is 430 g/mol. The number of H-pyrrole nitrogens is 1. The lowest BCUT2D eigenvalue weighted by Gasteiger charge is -2.12. The number of benzene rings is 2. The number of thioether (sulfide) groups is 1. The second-order valence-corrected chi connectivity index (χ2v) is 7.33. The molecule has 4 rings (SSSR count). The normalized spacial score (nSPS) is 10.6. The molecule has 0 fully saturated rings. The van der Waals surface area contributed by atoms with Crippen LogP contribution in [0, 0.1) is 0 Å². The molecule has 2 heterocycles. The molecule has 2 N–H and O–H groups in total. The van der Waals surface area contributed by atoms with Gasteiger partial charge in [-0.15, -0.1) is 22.6 Å². The minimum absolute atomic E-state index is 0. The SMILES string of the molecule is CN(C)c1ccc(NC(=O)CSc2nnc(-c3c[nH]c4ccccc34)o2)cc1.Cl. The van der Waals surface area contributed by atoms with Crippen molar-refractivity contribution in [1.82, 2.24) is 15.2 Å². The predicted molar refractivity (Wildman–Crippen MR) is 119 cm³/mol. The highest BCUT2D eigenvalue weighted by atomic mass is 35.5. The summed E-state index contributed by atoms with van der Waals surface area (Å²) in [6.45, 7) is 0. The number of carbonyl (C=O) groups is 1. The van der Waals surface area contributed by atoms with Crippen molar-refractivity contribution >= 4 is 52.4 Å². The summed E-state index contributed by atoms with van der Waals surface area (Å²) in [7, 11) is 3.94. The number of hydrogen-bond acceptors (Lipinski definition) is 6. The van der Waals surface area contributed by atoms with Crippen LogP contribution in [-0.4, -0.2) is 40.9 Å². The molecule has 0 aliphatic carbocycles. The summed E-state index contributed by atoms with van der Waals surface area (Å²) < 4.78 is 5.71. The number of amides is 1. The van der Waals surface area contributed by atoms with Gasteiger partial charge in [0.2, 0.25) is 5.91 Å². The Bertz CT molecular complexity index is 1110. The van der Waals surface area contributed by atoms with E-state index < -0.39 is 0 Å². The van der Waals surface area contributed by atoms with Gasteiger partial charge in [0.25, 0.3) is 11.1 Å². The zero-order valence-electron chi connectivity index (χ0n) is 15.9. The van der Waals surface area contributed by atoms with Crippen molar-refractivity contribution < 1.29 is 9.21 Å². The molecule has 0 unspecified atom stereocenters. The zero-order valence-corrected chi connectivity index (χ0v) is 17.5. The molecule has 2 aromatic carbocycles. The highest BCUT2D eigenvalue weighted by Crippen LogP contribution is 2.29. The van der Waals surface area contributed by atoms with Crippen LogP contribution in [0.4, 0.5) is 11.4 Å². The Hall–Kier alpha value is -2.97. The Morgan fingerprint density at radius 1 is 1.14 bits per heavy atom. The van der Waals surface area contributed by atoms with Crippen molar-refractivity contribution in [2.24, 2.45) is 0 Å². The smallest absolute Gasteiger partial charge is 0.277 e. The Morgan fingerprint density at radius 3 is 2.66 bits per heavy atom. The van der Waals surface area contributed by atoms with E-state index in [4.69, 9.17) is 4.42 Å². The summed E-state index contributed by atoms with van der Waals surface area (Å²) in [6.07, 6.45) is 1.84. The molecule has 2 aromatic heterocycles. The summed E-state index contributed by atoms with van der Waals surface area (Å²) in [4.78, 5) is 17.4. The first kappa shape index (κ1) is 20.8. The maximum atomic E-state index is 12.2. The molecular weight excluding hydrogens is 410 g/mol. The second-order valence-electron chi connectivity index (χ2n) is 6.40. The van der Waals surface area contributed by atoms with E-state index in [2.05, 4.69) is 20.5 Å². The van der Waals surface area contributed by atoms with Crippen LogP contribution in [0.3, 0.4) is 0 Å². The van der Waals surface area contributed by atoms with Crippen LogP contribution in [0.5, 0.6) is 0 Å². The van der Waals surface area contributed by atoms with Crippen LogP contribution in [-0.2, 0) is 4.79 Å². The minimum Gasteiger partial charge on any atom is -0.411 e. The first-order valence-corrected chi connectivity index (χ1v) is 9.69. The van der Waals surface area contributed by atoms with Gasteiger partial charge in [0.1, 0.15) is 0 Å². The predicted octanol–water partition coefficient (Wildman–Crippen LogP) is 4.44. The summed E-state index contributed by atoms with van der Waals surface area (Å²) in [5.74, 6) is 0.486. The second kappa shape index (κ2) is 9.02. The average Bonchev–Trinajstić information content (AvgIpc) is 3.33. The number of hydrogen-bond donors (Lipinski definition) is 2. The molecule has 1 amide bonds. The van der Waals surface area contributed by atoms with Crippen LogP contribution in [0.2, 0.25) is 0 Å². The zero-order chi connectivity index (χ0) is 19.5. The van der Waals surface area contributed by atoms with E-state index >= 15 is 0 Å². The third-order valence-corrected chi connectivity index (χ3v) is 5.04. The third kappa shape index (κ3) is 4.72. The first-order chi connectivity index (χ1) is 13.6. The molecule has 29 heavy (non-hydrogen) atoms. The van der Waals surface area contributed by atoms with E-state index in [1.807, 2.05) is 73.7 Å². The molecule has 0 aliphatic heterocycles. The minimum atomic E-state index is -0.130. The summed E-state index contributed by atoms with van der Waals surface area (Å²) in [5, 5.41) is 12.4. The standard InChI is InChI=1S/C20H19N5O2S.ClH/c1-25(2)14-9-7-13(8-10-14)22-18(26)12-28-20-24-23-19(27-20)16-11-21-17-6-4-3-5-15(16)17;/h3-11,21H,12H2,1-2H3,(H,22,26);1H. The largest absolute Gasteiger partial charge is 0.411 e. The van der Waals surface area contributed by atoms with Crippen molar-refractivity contribution in [3.05, 3.63) is 54.7 Å². The van der Waals surface area contributed by atoms with E-state index in [-0.39, 0.29) is 24.1 Å². The summed E-state index contributed by atoms with van der Waals surface area (Å²) in [5.41, 5.74) is 3.68. The summed E-state index contributed by atoms with van der Waals surface area (Å²) >= 11 is 1.21. The number of aromatic nitrogens is 3. The van der Waals surface area contributed by atoms with Crippen molar-refractivity contribution in [2.45, 2.75) is 5.22 Å². The van der Waals surface area contributed by atoms with Crippen LogP contribution >= 0.6 is 24.2 Å². The van der Waals surface area contributed by atoms with Gasteiger partial charge in [-0.25, -0.2) is 0 Å². The molecule has 0 atom stereocenters. The fraction of sp³-hybridized carbons (Fsp3) is 0.150. The quantitative estimate of drug-likeness (QED) is 0.441. The Kier molecular flexibility index (Phi) is 6.46. The van der Waals surface area contributed by atoms with Crippen LogP contribution in [0.25, 0.3) is 22.4 Å². The maximum Gasteiger partial charge on any atom is 0.277 e. The number of fused-ring (bicyclic) bond motifs is 1. The van der Waals surface area contributed by atoms with Crippen LogP contribution < -0.4 is 10.2 Å². The maximum absolute atomic E-state index is 12.2. The number of carbonyl (C=O) groups excluding carboxylic acids is 1. The van der Waals surface area contributed by atoms with E-state index in [9.17, 15) is 4.79 Å². The molecule has 0 bridgehead atoms. The fourth-order valence-electron chi connectivity index (χ4n) is 2.79. The third-order valence-electron chi connectivity index (χ3n) is 4.22. The lowest BCUT2D eigenvalue weighted by atomic mass is 10.2. The lowest BCUT2D eigenvalue weighted by Crippen LogP contribution is -2.14. The van der Waals surface area contributed by atoms with Gasteiger partial charge < -0.3 is 19.6 Å². The molecule has 0 saturated heterocycles. The van der Waals surface area contributed by atoms with Crippen LogP contribution in [0.15, 0.2) is 64.4 Å². The van der Waals surface area contributed by atoms with Crippen molar-refractivity contribution in [3.63, 3.8) is 0 Å². The van der Waals surface area contributed by atoms with Gasteiger partial charge in [-0.05, 0) is 30.3 Å². The molecule has 150 valence electrons. The lowest BCUT2D eigenvalue weighted by molar-refractivity contribution is -0.113. The number of halogens is 1. The van der Waals surface area contributed by atoms with E-state index in [1.165, 1.54) is 11.8 Å². The topological polar surface area (TPSA) is 87.0 Å². The Morgan fingerprint density at radius 2 is 1.90 bits per heavy atom. The molecule has 0 aliphatic rings. The number of aromatic amines is 1. The molecule has 7 nitrogen and oxygen atoms in total. The molecule has 0 saturated carbocycles.